The number of nitrogens with zero attached hydrogens (tertiary/aromatic N) is 3. The van der Waals surface area contributed by atoms with E-state index in [1.54, 1.807) is 11.9 Å². The van der Waals surface area contributed by atoms with Crippen LogP contribution in [0, 0.1) is 11.3 Å². The lowest BCUT2D eigenvalue weighted by Crippen LogP contribution is -2.52. The average Bonchev–Trinajstić information content (AvgIpc) is 2.91. The van der Waals surface area contributed by atoms with Crippen molar-refractivity contribution in [2.75, 3.05) is 20.6 Å². The van der Waals surface area contributed by atoms with E-state index in [2.05, 4.69) is 6.07 Å². The van der Waals surface area contributed by atoms with Crippen molar-refractivity contribution in [1.82, 2.24) is 9.80 Å². The lowest BCUT2D eigenvalue weighted by Gasteiger charge is -2.39. The minimum absolute atomic E-state index is 0.00797. The number of hydrogen-bond acceptors (Lipinski definition) is 4. The van der Waals surface area contributed by atoms with Crippen molar-refractivity contribution in [2.45, 2.75) is 44.2 Å². The van der Waals surface area contributed by atoms with Gasteiger partial charge in [-0.3, -0.25) is 9.69 Å². The molecule has 0 atom stereocenters. The first-order valence-electron chi connectivity index (χ1n) is 7.57. The molecule has 2 rings (SSSR count). The summed E-state index contributed by atoms with van der Waals surface area (Å²) in [5.41, 5.74) is -0.609. The fraction of sp³-hybridized carbons (Fsp3) is 0.625. The van der Waals surface area contributed by atoms with Gasteiger partial charge in [0, 0.05) is 18.5 Å². The third-order valence-electron chi connectivity index (χ3n) is 4.36. The van der Waals surface area contributed by atoms with E-state index in [0.717, 1.165) is 41.3 Å². The molecule has 1 aliphatic rings. The van der Waals surface area contributed by atoms with Gasteiger partial charge in [0.15, 0.2) is 0 Å². The number of likely N-dealkylation sites (N-methyl/N-ethyl adjacent to an activating group) is 2. The number of hydrogen-bond donors (Lipinski definition) is 0. The monoisotopic (exact) mass is 339 g/mol. The highest BCUT2D eigenvalue weighted by Crippen LogP contribution is 2.32. The van der Waals surface area contributed by atoms with E-state index in [1.807, 2.05) is 24.1 Å². The molecule has 1 saturated carbocycles. The van der Waals surface area contributed by atoms with Gasteiger partial charge < -0.3 is 4.90 Å². The van der Waals surface area contributed by atoms with Gasteiger partial charge in [-0.15, -0.1) is 11.3 Å². The van der Waals surface area contributed by atoms with Crippen LogP contribution in [0.2, 0.25) is 4.34 Å². The Morgan fingerprint density at radius 1 is 1.36 bits per heavy atom. The zero-order valence-corrected chi connectivity index (χ0v) is 14.7. The first kappa shape index (κ1) is 17.3. The second-order valence-corrected chi connectivity index (χ2v) is 7.83. The van der Waals surface area contributed by atoms with Crippen molar-refractivity contribution in [1.29, 1.82) is 5.26 Å². The van der Waals surface area contributed by atoms with Crippen molar-refractivity contribution in [2.24, 2.45) is 0 Å². The summed E-state index contributed by atoms with van der Waals surface area (Å²) in [7, 11) is 3.69. The van der Waals surface area contributed by atoms with Gasteiger partial charge in [0.25, 0.3) is 0 Å². The molecule has 0 N–H and O–H groups in total. The molecule has 0 aromatic carbocycles. The van der Waals surface area contributed by atoms with Crippen molar-refractivity contribution in [3.8, 4) is 6.07 Å². The Morgan fingerprint density at radius 2 is 2.05 bits per heavy atom. The number of halogens is 1. The molecule has 1 aromatic rings. The van der Waals surface area contributed by atoms with E-state index in [9.17, 15) is 10.1 Å². The van der Waals surface area contributed by atoms with E-state index in [-0.39, 0.29) is 5.91 Å². The lowest BCUT2D eigenvalue weighted by atomic mass is 9.81. The van der Waals surface area contributed by atoms with E-state index < -0.39 is 5.54 Å². The Bertz CT molecular complexity index is 560. The molecule has 0 bridgehead atoms. The van der Waals surface area contributed by atoms with Crippen LogP contribution in [0.1, 0.15) is 37.0 Å². The number of thiophene rings is 1. The Balaban J connectivity index is 1.94. The predicted octanol–water partition coefficient (Wildman–Crippen LogP) is 3.52. The van der Waals surface area contributed by atoms with Gasteiger partial charge in [0.05, 0.1) is 17.0 Å². The molecule has 0 unspecified atom stereocenters. The summed E-state index contributed by atoms with van der Waals surface area (Å²) < 4.78 is 0.762. The minimum atomic E-state index is -0.609. The van der Waals surface area contributed by atoms with E-state index in [0.29, 0.717) is 13.1 Å². The summed E-state index contributed by atoms with van der Waals surface area (Å²) in [6.07, 6.45) is 4.78. The van der Waals surface area contributed by atoms with Crippen molar-refractivity contribution in [3.05, 3.63) is 21.3 Å². The molecule has 1 aromatic heterocycles. The fourth-order valence-electron chi connectivity index (χ4n) is 2.99. The van der Waals surface area contributed by atoms with Gasteiger partial charge in [-0.1, -0.05) is 30.9 Å². The topological polar surface area (TPSA) is 47.3 Å². The third kappa shape index (κ3) is 4.01. The molecule has 4 nitrogen and oxygen atoms in total. The van der Waals surface area contributed by atoms with Crippen LogP contribution in [-0.4, -0.2) is 41.9 Å². The molecule has 22 heavy (non-hydrogen) atoms. The molecular weight excluding hydrogens is 318 g/mol. The molecule has 6 heteroatoms. The summed E-state index contributed by atoms with van der Waals surface area (Å²) in [6, 6.07) is 6.25. The van der Waals surface area contributed by atoms with Crippen LogP contribution in [0.5, 0.6) is 0 Å². The maximum Gasteiger partial charge on any atom is 0.237 e. The van der Waals surface area contributed by atoms with E-state index in [4.69, 9.17) is 11.6 Å². The molecule has 1 amide bonds. The van der Waals surface area contributed by atoms with Crippen LogP contribution in [0.15, 0.2) is 12.1 Å². The predicted molar refractivity (Wildman–Crippen MR) is 89.9 cm³/mol. The highest BCUT2D eigenvalue weighted by Gasteiger charge is 2.38. The Morgan fingerprint density at radius 3 is 2.59 bits per heavy atom. The van der Waals surface area contributed by atoms with Gasteiger partial charge in [0.2, 0.25) is 5.91 Å². The first-order chi connectivity index (χ1) is 10.5. The average molecular weight is 340 g/mol. The smallest absolute Gasteiger partial charge is 0.237 e. The largest absolute Gasteiger partial charge is 0.326 e. The number of carbonyl (C=O) groups is 1. The molecular formula is C16H22ClN3OS. The Kier molecular flexibility index (Phi) is 5.85. The van der Waals surface area contributed by atoms with Gasteiger partial charge in [-0.2, -0.15) is 5.26 Å². The maximum absolute atomic E-state index is 12.5. The third-order valence-corrected chi connectivity index (χ3v) is 5.58. The molecule has 120 valence electrons. The SMILES string of the molecule is CN(CC(=O)N(C)C1(C#N)CCCCC1)Cc1ccc(Cl)s1. The van der Waals surface area contributed by atoms with Crippen molar-refractivity contribution in [3.63, 3.8) is 0 Å². The van der Waals surface area contributed by atoms with Crippen molar-refractivity contribution >= 4 is 28.8 Å². The molecule has 1 aliphatic carbocycles. The lowest BCUT2D eigenvalue weighted by molar-refractivity contribution is -0.135. The van der Waals surface area contributed by atoms with Gasteiger partial charge >= 0.3 is 0 Å². The summed E-state index contributed by atoms with van der Waals surface area (Å²) in [6.45, 7) is 1.01. The summed E-state index contributed by atoms with van der Waals surface area (Å²) in [5.74, 6) is 0.00797. The summed E-state index contributed by atoms with van der Waals surface area (Å²) >= 11 is 7.46. The highest BCUT2D eigenvalue weighted by molar-refractivity contribution is 7.16. The van der Waals surface area contributed by atoms with Crippen LogP contribution in [0.4, 0.5) is 0 Å². The highest BCUT2D eigenvalue weighted by atomic mass is 35.5. The number of amides is 1. The summed E-state index contributed by atoms with van der Waals surface area (Å²) in [4.78, 5) is 17.3. The number of carbonyl (C=O) groups excluding carboxylic acids is 1. The molecule has 0 saturated heterocycles. The second-order valence-electron chi connectivity index (χ2n) is 6.03. The second kappa shape index (κ2) is 7.45. The molecule has 0 radical (unpaired) electrons. The van der Waals surface area contributed by atoms with Crippen LogP contribution in [0.3, 0.4) is 0 Å². The van der Waals surface area contributed by atoms with Gasteiger partial charge in [-0.05, 0) is 32.0 Å². The fourth-order valence-corrected chi connectivity index (χ4v) is 4.16. The van der Waals surface area contributed by atoms with Crippen LogP contribution in [0.25, 0.3) is 0 Å². The molecule has 1 fully saturated rings. The zero-order valence-electron chi connectivity index (χ0n) is 13.1. The van der Waals surface area contributed by atoms with Gasteiger partial charge in [0.1, 0.15) is 5.54 Å². The quantitative estimate of drug-likeness (QED) is 0.824. The Labute approximate surface area is 141 Å². The molecule has 1 heterocycles. The first-order valence-corrected chi connectivity index (χ1v) is 8.77. The van der Waals surface area contributed by atoms with Gasteiger partial charge in [-0.25, -0.2) is 0 Å². The van der Waals surface area contributed by atoms with E-state index >= 15 is 0 Å². The van der Waals surface area contributed by atoms with Crippen LogP contribution < -0.4 is 0 Å². The Hall–Kier alpha value is -1.09. The zero-order chi connectivity index (χ0) is 16.2. The normalized spacial score (nSPS) is 17.2. The van der Waals surface area contributed by atoms with E-state index in [1.165, 1.54) is 11.3 Å². The maximum atomic E-state index is 12.5. The van der Waals surface area contributed by atoms with Crippen molar-refractivity contribution < 1.29 is 4.79 Å². The van der Waals surface area contributed by atoms with Crippen LogP contribution >= 0.6 is 22.9 Å². The molecule has 0 aliphatic heterocycles. The summed E-state index contributed by atoms with van der Waals surface area (Å²) in [5, 5.41) is 9.56. The number of rotatable bonds is 5. The number of nitriles is 1. The standard InChI is InChI=1S/C16H22ClN3OS/c1-19(10-13-6-7-14(17)22-13)11-15(21)20(2)16(12-18)8-4-3-5-9-16/h6-7H,3-5,8-11H2,1-2H3. The van der Waals surface area contributed by atoms with Crippen LogP contribution in [-0.2, 0) is 11.3 Å². The minimum Gasteiger partial charge on any atom is -0.326 e. The molecule has 0 spiro atoms.